The van der Waals surface area contributed by atoms with Crippen molar-refractivity contribution in [3.63, 3.8) is 0 Å². The number of rotatable bonds is 5. The third-order valence-electron chi connectivity index (χ3n) is 2.71. The second-order valence-corrected chi connectivity index (χ2v) is 4.98. The minimum absolute atomic E-state index is 0.0556. The van der Waals surface area contributed by atoms with Gasteiger partial charge in [0.15, 0.2) is 0 Å². The van der Waals surface area contributed by atoms with E-state index < -0.39 is 5.54 Å². The normalized spacial score (nSPS) is 13.2. The van der Waals surface area contributed by atoms with E-state index in [2.05, 4.69) is 5.32 Å². The molecule has 0 heterocycles. The molecule has 0 radical (unpaired) electrons. The number of carbonyl (C=O) groups is 1. The first-order valence-electron chi connectivity index (χ1n) is 5.51. The second-order valence-electron chi connectivity index (χ2n) is 4.45. The summed E-state index contributed by atoms with van der Waals surface area (Å²) in [4.78, 5) is 12.0. The van der Waals surface area contributed by atoms with Crippen LogP contribution in [-0.2, 0) is 4.79 Å². The number of halogens is 2. The SMILES string of the molecule is CC(C(=O)NC(C)(CCl)CCl)c1ccccc1. The summed E-state index contributed by atoms with van der Waals surface area (Å²) in [5.74, 6) is 0.329. The number of nitrogens with one attached hydrogen (secondary N) is 1. The maximum atomic E-state index is 12.0. The van der Waals surface area contributed by atoms with Crippen molar-refractivity contribution in [1.29, 1.82) is 0 Å². The Morgan fingerprint density at radius 2 is 1.82 bits per heavy atom. The first kappa shape index (κ1) is 14.3. The molecule has 1 unspecified atom stereocenters. The van der Waals surface area contributed by atoms with Crippen LogP contribution >= 0.6 is 23.2 Å². The Bertz CT molecular complexity index is 363. The van der Waals surface area contributed by atoms with E-state index >= 15 is 0 Å². The van der Waals surface area contributed by atoms with Gasteiger partial charge >= 0.3 is 0 Å². The highest BCUT2D eigenvalue weighted by atomic mass is 35.5. The molecule has 1 N–H and O–H groups in total. The molecule has 0 saturated carbocycles. The van der Waals surface area contributed by atoms with E-state index in [-0.39, 0.29) is 11.8 Å². The summed E-state index contributed by atoms with van der Waals surface area (Å²) in [5, 5.41) is 2.89. The van der Waals surface area contributed by atoms with Crippen LogP contribution in [0.3, 0.4) is 0 Å². The Morgan fingerprint density at radius 3 is 2.29 bits per heavy atom. The van der Waals surface area contributed by atoms with Crippen LogP contribution in [0.2, 0.25) is 0 Å². The van der Waals surface area contributed by atoms with Crippen LogP contribution in [-0.4, -0.2) is 23.2 Å². The summed E-state index contributed by atoms with van der Waals surface area (Å²) in [7, 11) is 0. The van der Waals surface area contributed by atoms with Gasteiger partial charge in [-0.05, 0) is 19.4 Å². The standard InChI is InChI=1S/C13H17Cl2NO/c1-10(11-6-4-3-5-7-11)12(17)16-13(2,8-14)9-15/h3-7,10H,8-9H2,1-2H3,(H,16,17). The van der Waals surface area contributed by atoms with Gasteiger partial charge in [-0.2, -0.15) is 0 Å². The van der Waals surface area contributed by atoms with Crippen LogP contribution in [0.25, 0.3) is 0 Å². The number of alkyl halides is 2. The van der Waals surface area contributed by atoms with E-state index in [1.54, 1.807) is 0 Å². The molecule has 0 aliphatic carbocycles. The Morgan fingerprint density at radius 1 is 1.29 bits per heavy atom. The van der Waals surface area contributed by atoms with Gasteiger partial charge in [-0.1, -0.05) is 30.3 Å². The van der Waals surface area contributed by atoms with Crippen LogP contribution in [0, 0.1) is 0 Å². The van der Waals surface area contributed by atoms with Crippen LogP contribution in [0.1, 0.15) is 25.3 Å². The number of carbonyl (C=O) groups excluding carboxylic acids is 1. The molecule has 2 nitrogen and oxygen atoms in total. The van der Waals surface area contributed by atoms with Gasteiger partial charge in [-0.25, -0.2) is 0 Å². The molecule has 94 valence electrons. The van der Waals surface area contributed by atoms with Crippen molar-refractivity contribution in [2.45, 2.75) is 25.3 Å². The zero-order chi connectivity index (χ0) is 12.9. The second kappa shape index (κ2) is 6.27. The third kappa shape index (κ3) is 3.90. The Kier molecular flexibility index (Phi) is 5.29. The minimum Gasteiger partial charge on any atom is -0.348 e. The largest absolute Gasteiger partial charge is 0.348 e. The molecular weight excluding hydrogens is 257 g/mol. The van der Waals surface area contributed by atoms with Crippen LogP contribution in [0.5, 0.6) is 0 Å². The van der Waals surface area contributed by atoms with Crippen molar-refractivity contribution in [2.24, 2.45) is 0 Å². The summed E-state index contributed by atoms with van der Waals surface area (Å²) in [6.45, 7) is 3.70. The lowest BCUT2D eigenvalue weighted by atomic mass is 9.98. The number of amides is 1. The maximum absolute atomic E-state index is 12.0. The fraction of sp³-hybridized carbons (Fsp3) is 0.462. The average molecular weight is 274 g/mol. The molecule has 1 aromatic rings. The monoisotopic (exact) mass is 273 g/mol. The van der Waals surface area contributed by atoms with Gasteiger partial charge in [0.25, 0.3) is 0 Å². The summed E-state index contributed by atoms with van der Waals surface area (Å²) in [6, 6.07) is 9.63. The van der Waals surface area contributed by atoms with E-state index in [1.807, 2.05) is 44.2 Å². The Hall–Kier alpha value is -0.730. The molecule has 0 aromatic heterocycles. The zero-order valence-electron chi connectivity index (χ0n) is 10.0. The van der Waals surface area contributed by atoms with Gasteiger partial charge in [-0.15, -0.1) is 23.2 Å². The number of hydrogen-bond donors (Lipinski definition) is 1. The quantitative estimate of drug-likeness (QED) is 0.821. The number of hydrogen-bond acceptors (Lipinski definition) is 1. The van der Waals surface area contributed by atoms with E-state index in [1.165, 1.54) is 0 Å². The number of benzene rings is 1. The van der Waals surface area contributed by atoms with Gasteiger partial charge in [0.05, 0.1) is 11.5 Å². The van der Waals surface area contributed by atoms with Gasteiger partial charge in [-0.3, -0.25) is 4.79 Å². The van der Waals surface area contributed by atoms with Crippen molar-refractivity contribution >= 4 is 29.1 Å². The lowest BCUT2D eigenvalue weighted by Crippen LogP contribution is -2.50. The molecule has 0 aliphatic heterocycles. The molecule has 1 rings (SSSR count). The van der Waals surface area contributed by atoms with Crippen molar-refractivity contribution < 1.29 is 4.79 Å². The first-order valence-corrected chi connectivity index (χ1v) is 6.58. The van der Waals surface area contributed by atoms with E-state index in [0.717, 1.165) is 5.56 Å². The molecule has 1 atom stereocenters. The molecule has 0 aliphatic rings. The molecule has 0 spiro atoms. The molecule has 0 fully saturated rings. The van der Waals surface area contributed by atoms with Crippen LogP contribution in [0.15, 0.2) is 30.3 Å². The predicted molar refractivity (Wildman–Crippen MR) is 72.8 cm³/mol. The van der Waals surface area contributed by atoms with Gasteiger partial charge in [0.2, 0.25) is 5.91 Å². The Labute approximate surface area is 112 Å². The van der Waals surface area contributed by atoms with Gasteiger partial charge in [0.1, 0.15) is 0 Å². The van der Waals surface area contributed by atoms with E-state index in [0.29, 0.717) is 11.8 Å². The van der Waals surface area contributed by atoms with Crippen molar-refractivity contribution in [1.82, 2.24) is 5.32 Å². The van der Waals surface area contributed by atoms with Crippen molar-refractivity contribution in [3.8, 4) is 0 Å². The third-order valence-corrected chi connectivity index (χ3v) is 3.89. The van der Waals surface area contributed by atoms with Crippen LogP contribution in [0.4, 0.5) is 0 Å². The molecule has 1 aromatic carbocycles. The summed E-state index contributed by atoms with van der Waals surface area (Å²) in [6.07, 6.45) is 0. The molecule has 1 amide bonds. The Balaban J connectivity index is 2.71. The molecule has 0 bridgehead atoms. The zero-order valence-corrected chi connectivity index (χ0v) is 11.6. The van der Waals surface area contributed by atoms with E-state index in [9.17, 15) is 4.79 Å². The average Bonchev–Trinajstić information content (AvgIpc) is 2.38. The lowest BCUT2D eigenvalue weighted by Gasteiger charge is -2.27. The maximum Gasteiger partial charge on any atom is 0.227 e. The smallest absolute Gasteiger partial charge is 0.227 e. The molecular formula is C13H17Cl2NO. The van der Waals surface area contributed by atoms with Crippen LogP contribution < -0.4 is 5.32 Å². The highest BCUT2D eigenvalue weighted by Crippen LogP contribution is 2.17. The molecule has 17 heavy (non-hydrogen) atoms. The predicted octanol–water partition coefficient (Wildman–Crippen LogP) is 3.14. The van der Waals surface area contributed by atoms with Crippen molar-refractivity contribution in [2.75, 3.05) is 11.8 Å². The first-order chi connectivity index (χ1) is 8.02. The summed E-state index contributed by atoms with van der Waals surface area (Å²) < 4.78 is 0. The summed E-state index contributed by atoms with van der Waals surface area (Å²) >= 11 is 11.6. The molecule has 0 saturated heterocycles. The fourth-order valence-electron chi connectivity index (χ4n) is 1.40. The van der Waals surface area contributed by atoms with Gasteiger partial charge in [0, 0.05) is 11.8 Å². The van der Waals surface area contributed by atoms with E-state index in [4.69, 9.17) is 23.2 Å². The van der Waals surface area contributed by atoms with Crippen molar-refractivity contribution in [3.05, 3.63) is 35.9 Å². The minimum atomic E-state index is -0.552. The topological polar surface area (TPSA) is 29.1 Å². The molecule has 4 heteroatoms. The lowest BCUT2D eigenvalue weighted by molar-refractivity contribution is -0.123. The van der Waals surface area contributed by atoms with Gasteiger partial charge < -0.3 is 5.32 Å². The highest BCUT2D eigenvalue weighted by molar-refractivity contribution is 6.22. The highest BCUT2D eigenvalue weighted by Gasteiger charge is 2.27. The summed E-state index contributed by atoms with van der Waals surface area (Å²) in [5.41, 5.74) is 0.431. The fourth-order valence-corrected chi connectivity index (χ4v) is 1.82.